The minimum Gasteiger partial charge on any atom is -0.452 e. The van der Waals surface area contributed by atoms with Gasteiger partial charge in [-0.25, -0.2) is 4.79 Å². The molecule has 1 N–H and O–H groups in total. The molecule has 2 rings (SSSR count). The standard InChI is InChI=1S/C19H20N2O5/c1-13-5-3-4-6-15(13)9-10-20-18(22)12-26-19(23)16-8-7-14(2)17(11-16)21(24)25/h3-8,11H,9-10,12H2,1-2H3,(H,20,22). The second-order valence-electron chi connectivity index (χ2n) is 5.86. The number of amides is 1. The number of carbonyl (C=O) groups excluding carboxylic acids is 2. The van der Waals surface area contributed by atoms with Crippen LogP contribution >= 0.6 is 0 Å². The molecule has 0 spiro atoms. The van der Waals surface area contributed by atoms with Crippen molar-refractivity contribution in [2.24, 2.45) is 0 Å². The molecule has 136 valence electrons. The van der Waals surface area contributed by atoms with Gasteiger partial charge in [-0.1, -0.05) is 30.3 Å². The number of nitro groups is 1. The number of nitrogens with one attached hydrogen (secondary N) is 1. The lowest BCUT2D eigenvalue weighted by atomic mass is 10.1. The molecule has 0 aromatic heterocycles. The third-order valence-electron chi connectivity index (χ3n) is 3.95. The second kappa shape index (κ2) is 8.75. The third kappa shape index (κ3) is 5.14. The normalized spacial score (nSPS) is 10.2. The van der Waals surface area contributed by atoms with Crippen LogP contribution in [0.3, 0.4) is 0 Å². The van der Waals surface area contributed by atoms with E-state index in [4.69, 9.17) is 4.74 Å². The van der Waals surface area contributed by atoms with E-state index in [0.29, 0.717) is 18.5 Å². The number of carbonyl (C=O) groups is 2. The SMILES string of the molecule is Cc1ccccc1CCNC(=O)COC(=O)c1ccc(C)c([N+](=O)[O-])c1. The highest BCUT2D eigenvalue weighted by atomic mass is 16.6. The van der Waals surface area contributed by atoms with Gasteiger partial charge in [0.15, 0.2) is 6.61 Å². The van der Waals surface area contributed by atoms with Crippen LogP contribution < -0.4 is 5.32 Å². The molecule has 0 atom stereocenters. The van der Waals surface area contributed by atoms with Crippen LogP contribution in [0.15, 0.2) is 42.5 Å². The summed E-state index contributed by atoms with van der Waals surface area (Å²) in [5.74, 6) is -1.20. The summed E-state index contributed by atoms with van der Waals surface area (Å²) in [6.07, 6.45) is 0.677. The predicted octanol–water partition coefficient (Wildman–Crippen LogP) is 2.73. The van der Waals surface area contributed by atoms with Gasteiger partial charge in [-0.05, 0) is 37.5 Å². The van der Waals surface area contributed by atoms with Crippen molar-refractivity contribution in [1.29, 1.82) is 0 Å². The van der Waals surface area contributed by atoms with Crippen molar-refractivity contribution in [3.8, 4) is 0 Å². The Hall–Kier alpha value is -3.22. The van der Waals surface area contributed by atoms with E-state index in [0.717, 1.165) is 17.2 Å². The molecule has 0 saturated heterocycles. The summed E-state index contributed by atoms with van der Waals surface area (Å²) in [4.78, 5) is 34.1. The molecule has 2 aromatic carbocycles. The summed E-state index contributed by atoms with van der Waals surface area (Å²) in [7, 11) is 0. The zero-order valence-electron chi connectivity index (χ0n) is 14.7. The summed E-state index contributed by atoms with van der Waals surface area (Å²) in [5.41, 5.74) is 2.60. The zero-order valence-corrected chi connectivity index (χ0v) is 14.7. The van der Waals surface area contributed by atoms with Gasteiger partial charge < -0.3 is 10.1 Å². The van der Waals surface area contributed by atoms with Gasteiger partial charge in [0.1, 0.15) is 0 Å². The molecule has 0 aliphatic heterocycles. The lowest BCUT2D eigenvalue weighted by Crippen LogP contribution is -2.30. The van der Waals surface area contributed by atoms with Crippen LogP contribution in [0, 0.1) is 24.0 Å². The van der Waals surface area contributed by atoms with Crippen molar-refractivity contribution in [2.45, 2.75) is 20.3 Å². The highest BCUT2D eigenvalue weighted by molar-refractivity contribution is 5.92. The molecule has 1 amide bonds. The number of nitro benzene ring substituents is 1. The van der Waals surface area contributed by atoms with E-state index in [1.54, 1.807) is 6.92 Å². The third-order valence-corrected chi connectivity index (χ3v) is 3.95. The van der Waals surface area contributed by atoms with E-state index in [1.807, 2.05) is 31.2 Å². The summed E-state index contributed by atoms with van der Waals surface area (Å²) in [5, 5.41) is 13.6. The number of aryl methyl sites for hydroxylation is 2. The van der Waals surface area contributed by atoms with Crippen molar-refractivity contribution in [3.05, 3.63) is 74.8 Å². The molecule has 0 saturated carbocycles. The maximum absolute atomic E-state index is 12.0. The van der Waals surface area contributed by atoms with Gasteiger partial charge in [0.05, 0.1) is 10.5 Å². The van der Waals surface area contributed by atoms with Crippen LogP contribution in [0.2, 0.25) is 0 Å². The summed E-state index contributed by atoms with van der Waals surface area (Å²) < 4.78 is 4.92. The first-order chi connectivity index (χ1) is 12.4. The Morgan fingerprint density at radius 3 is 2.54 bits per heavy atom. The lowest BCUT2D eigenvalue weighted by Gasteiger charge is -2.08. The average molecular weight is 356 g/mol. The minimum absolute atomic E-state index is 0.0370. The fourth-order valence-corrected chi connectivity index (χ4v) is 2.43. The van der Waals surface area contributed by atoms with Gasteiger partial charge >= 0.3 is 5.97 Å². The Balaban J connectivity index is 1.82. The highest BCUT2D eigenvalue weighted by Gasteiger charge is 2.16. The van der Waals surface area contributed by atoms with Crippen LogP contribution in [0.4, 0.5) is 5.69 Å². The van der Waals surface area contributed by atoms with Crippen LogP contribution in [0.1, 0.15) is 27.0 Å². The van der Waals surface area contributed by atoms with E-state index in [-0.39, 0.29) is 11.3 Å². The molecular weight excluding hydrogens is 336 g/mol. The van der Waals surface area contributed by atoms with Crippen LogP contribution in [0.5, 0.6) is 0 Å². The van der Waals surface area contributed by atoms with Gasteiger partial charge in [-0.15, -0.1) is 0 Å². The Kier molecular flexibility index (Phi) is 6.43. The summed E-state index contributed by atoms with van der Waals surface area (Å²) in [6.45, 7) is 3.57. The molecule has 0 aliphatic rings. The smallest absolute Gasteiger partial charge is 0.338 e. The van der Waals surface area contributed by atoms with Gasteiger partial charge in [-0.2, -0.15) is 0 Å². The largest absolute Gasteiger partial charge is 0.452 e. The Labute approximate surface area is 151 Å². The Morgan fingerprint density at radius 2 is 1.85 bits per heavy atom. The quantitative estimate of drug-likeness (QED) is 0.467. The zero-order chi connectivity index (χ0) is 19.1. The molecule has 0 fully saturated rings. The molecule has 0 radical (unpaired) electrons. The van der Waals surface area contributed by atoms with E-state index in [2.05, 4.69) is 5.32 Å². The number of nitrogens with zero attached hydrogens (tertiary/aromatic N) is 1. The molecule has 7 heteroatoms. The Morgan fingerprint density at radius 1 is 1.12 bits per heavy atom. The van der Waals surface area contributed by atoms with E-state index in [9.17, 15) is 19.7 Å². The molecule has 7 nitrogen and oxygen atoms in total. The first-order valence-corrected chi connectivity index (χ1v) is 8.12. The fourth-order valence-electron chi connectivity index (χ4n) is 2.43. The van der Waals surface area contributed by atoms with Gasteiger partial charge in [0, 0.05) is 18.2 Å². The van der Waals surface area contributed by atoms with E-state index in [1.165, 1.54) is 12.1 Å². The van der Waals surface area contributed by atoms with Crippen molar-refractivity contribution < 1.29 is 19.2 Å². The van der Waals surface area contributed by atoms with E-state index < -0.39 is 23.4 Å². The molecule has 26 heavy (non-hydrogen) atoms. The lowest BCUT2D eigenvalue weighted by molar-refractivity contribution is -0.385. The molecule has 0 bridgehead atoms. The van der Waals surface area contributed by atoms with Crippen LogP contribution in [-0.4, -0.2) is 30.0 Å². The van der Waals surface area contributed by atoms with Gasteiger partial charge in [0.2, 0.25) is 0 Å². The Bertz CT molecular complexity index is 832. The number of esters is 1. The average Bonchev–Trinajstić information content (AvgIpc) is 2.61. The number of ether oxygens (including phenoxy) is 1. The number of hydrogen-bond donors (Lipinski definition) is 1. The monoisotopic (exact) mass is 356 g/mol. The van der Waals surface area contributed by atoms with Gasteiger partial charge in [-0.3, -0.25) is 14.9 Å². The fraction of sp³-hybridized carbons (Fsp3) is 0.263. The maximum atomic E-state index is 12.0. The van der Waals surface area contributed by atoms with Crippen LogP contribution in [-0.2, 0) is 16.0 Å². The first-order valence-electron chi connectivity index (χ1n) is 8.12. The van der Waals surface area contributed by atoms with Crippen molar-refractivity contribution >= 4 is 17.6 Å². The molecule has 2 aromatic rings. The second-order valence-corrected chi connectivity index (χ2v) is 5.86. The van der Waals surface area contributed by atoms with Gasteiger partial charge in [0.25, 0.3) is 11.6 Å². The van der Waals surface area contributed by atoms with E-state index >= 15 is 0 Å². The molecular formula is C19H20N2O5. The van der Waals surface area contributed by atoms with Crippen molar-refractivity contribution in [2.75, 3.05) is 13.2 Å². The summed E-state index contributed by atoms with van der Waals surface area (Å²) >= 11 is 0. The number of hydrogen-bond acceptors (Lipinski definition) is 5. The minimum atomic E-state index is -0.776. The predicted molar refractivity (Wildman–Crippen MR) is 96.0 cm³/mol. The van der Waals surface area contributed by atoms with Crippen molar-refractivity contribution in [3.63, 3.8) is 0 Å². The number of benzene rings is 2. The molecule has 0 unspecified atom stereocenters. The number of rotatable bonds is 7. The topological polar surface area (TPSA) is 98.5 Å². The highest BCUT2D eigenvalue weighted by Crippen LogP contribution is 2.19. The summed E-state index contributed by atoms with van der Waals surface area (Å²) in [6, 6.07) is 11.9. The molecule has 0 heterocycles. The first kappa shape index (κ1) is 19.1. The van der Waals surface area contributed by atoms with Crippen LogP contribution in [0.25, 0.3) is 0 Å². The molecule has 0 aliphatic carbocycles. The van der Waals surface area contributed by atoms with Crippen molar-refractivity contribution in [1.82, 2.24) is 5.32 Å². The maximum Gasteiger partial charge on any atom is 0.338 e.